The van der Waals surface area contributed by atoms with E-state index in [1.54, 1.807) is 0 Å². The van der Waals surface area contributed by atoms with E-state index in [0.717, 1.165) is 34.2 Å². The van der Waals surface area contributed by atoms with Crippen LogP contribution in [0.4, 0.5) is 4.79 Å². The van der Waals surface area contributed by atoms with Gasteiger partial charge in [0, 0.05) is 5.92 Å². The molecule has 0 saturated heterocycles. The number of amides is 1. The summed E-state index contributed by atoms with van der Waals surface area (Å²) in [6.45, 7) is 0.163. The predicted octanol–water partition coefficient (Wildman–Crippen LogP) is 5.00. The Bertz CT molecular complexity index is 1020. The number of nitrogens with one attached hydrogen (secondary N) is 1. The van der Waals surface area contributed by atoms with Crippen molar-refractivity contribution in [2.75, 3.05) is 6.61 Å². The Morgan fingerprint density at radius 3 is 2.06 bits per heavy atom. The van der Waals surface area contributed by atoms with Crippen LogP contribution in [-0.2, 0) is 16.0 Å². The lowest BCUT2D eigenvalue weighted by Crippen LogP contribution is -2.41. The average molecular weight is 415 g/mol. The molecule has 0 aliphatic heterocycles. The molecule has 3 aromatic carbocycles. The van der Waals surface area contributed by atoms with Crippen molar-refractivity contribution in [3.63, 3.8) is 0 Å². The first-order valence-corrected chi connectivity index (χ1v) is 10.5. The Morgan fingerprint density at radius 1 is 0.871 bits per heavy atom. The van der Waals surface area contributed by atoms with Gasteiger partial charge in [0.2, 0.25) is 0 Å². The quantitative estimate of drug-likeness (QED) is 0.543. The Labute approximate surface area is 181 Å². The number of carbonyl (C=O) groups is 2. The van der Waals surface area contributed by atoms with Crippen molar-refractivity contribution in [3.05, 3.63) is 95.6 Å². The van der Waals surface area contributed by atoms with Crippen LogP contribution in [0.25, 0.3) is 11.1 Å². The van der Waals surface area contributed by atoms with E-state index >= 15 is 0 Å². The van der Waals surface area contributed by atoms with Crippen molar-refractivity contribution in [2.45, 2.75) is 31.2 Å². The van der Waals surface area contributed by atoms with Gasteiger partial charge in [0.15, 0.2) is 0 Å². The Kier molecular flexibility index (Phi) is 6.32. The summed E-state index contributed by atoms with van der Waals surface area (Å²) < 4.78 is 5.47. The predicted molar refractivity (Wildman–Crippen MR) is 119 cm³/mol. The second kappa shape index (κ2) is 9.47. The van der Waals surface area contributed by atoms with Gasteiger partial charge in [0.1, 0.15) is 12.6 Å². The number of ether oxygens (including phenoxy) is 1. The molecule has 1 amide bonds. The maximum Gasteiger partial charge on any atom is 0.407 e. The molecule has 31 heavy (non-hydrogen) atoms. The summed E-state index contributed by atoms with van der Waals surface area (Å²) in [6.07, 6.45) is 1.06. The number of hydrogen-bond donors (Lipinski definition) is 2. The average Bonchev–Trinajstić information content (AvgIpc) is 3.11. The van der Waals surface area contributed by atoms with Gasteiger partial charge in [-0.1, -0.05) is 78.9 Å². The van der Waals surface area contributed by atoms with E-state index < -0.39 is 18.1 Å². The number of aliphatic carboxylic acids is 1. The molecule has 0 saturated carbocycles. The zero-order valence-electron chi connectivity index (χ0n) is 17.2. The Balaban J connectivity index is 1.34. The molecule has 0 heterocycles. The molecule has 1 aliphatic rings. The smallest absolute Gasteiger partial charge is 0.407 e. The molecule has 0 spiro atoms. The minimum absolute atomic E-state index is 0.0560. The summed E-state index contributed by atoms with van der Waals surface area (Å²) in [5, 5.41) is 12.0. The zero-order chi connectivity index (χ0) is 21.6. The van der Waals surface area contributed by atoms with Crippen LogP contribution in [0.5, 0.6) is 0 Å². The maximum atomic E-state index is 12.4. The van der Waals surface area contributed by atoms with E-state index in [4.69, 9.17) is 4.74 Å². The first-order valence-electron chi connectivity index (χ1n) is 10.5. The van der Waals surface area contributed by atoms with E-state index in [-0.39, 0.29) is 12.5 Å². The van der Waals surface area contributed by atoms with Crippen LogP contribution in [0.3, 0.4) is 0 Å². The highest BCUT2D eigenvalue weighted by atomic mass is 16.5. The minimum atomic E-state index is -1.05. The Hall–Kier alpha value is -3.60. The summed E-state index contributed by atoms with van der Waals surface area (Å²) in [5.74, 6) is -1.11. The molecule has 0 bridgehead atoms. The number of carboxylic acids is 1. The second-order valence-electron chi connectivity index (χ2n) is 7.74. The van der Waals surface area contributed by atoms with Crippen LogP contribution in [0.2, 0.25) is 0 Å². The maximum absolute atomic E-state index is 12.4. The number of alkyl carbamates (subject to hydrolysis) is 1. The number of aryl methyl sites for hydroxylation is 1. The van der Waals surface area contributed by atoms with Crippen LogP contribution < -0.4 is 5.32 Å². The molecule has 5 nitrogen and oxygen atoms in total. The summed E-state index contributed by atoms with van der Waals surface area (Å²) >= 11 is 0. The van der Waals surface area contributed by atoms with Gasteiger partial charge >= 0.3 is 12.1 Å². The third-order valence-electron chi connectivity index (χ3n) is 5.73. The number of fused-ring (bicyclic) bond motifs is 3. The molecule has 158 valence electrons. The topological polar surface area (TPSA) is 75.6 Å². The molecule has 2 N–H and O–H groups in total. The van der Waals surface area contributed by atoms with Crippen molar-refractivity contribution in [2.24, 2.45) is 0 Å². The third-order valence-corrected chi connectivity index (χ3v) is 5.73. The summed E-state index contributed by atoms with van der Waals surface area (Å²) in [5.41, 5.74) is 5.68. The lowest BCUT2D eigenvalue weighted by atomic mass is 9.98. The van der Waals surface area contributed by atoms with Crippen molar-refractivity contribution >= 4 is 12.1 Å². The van der Waals surface area contributed by atoms with Crippen LogP contribution in [0, 0.1) is 0 Å². The molecule has 1 unspecified atom stereocenters. The van der Waals surface area contributed by atoms with Crippen LogP contribution in [0.1, 0.15) is 35.4 Å². The number of carboxylic acid groups (broad SMARTS) is 1. The van der Waals surface area contributed by atoms with Gasteiger partial charge < -0.3 is 15.2 Å². The minimum Gasteiger partial charge on any atom is -0.480 e. The first-order chi connectivity index (χ1) is 15.1. The van der Waals surface area contributed by atoms with Crippen molar-refractivity contribution in [1.29, 1.82) is 0 Å². The van der Waals surface area contributed by atoms with Gasteiger partial charge in [0.05, 0.1) is 0 Å². The van der Waals surface area contributed by atoms with Crippen molar-refractivity contribution in [1.82, 2.24) is 5.32 Å². The Morgan fingerprint density at radius 2 is 1.45 bits per heavy atom. The van der Waals surface area contributed by atoms with Crippen LogP contribution in [-0.4, -0.2) is 29.8 Å². The normalized spacial score (nSPS) is 13.2. The number of carbonyl (C=O) groups excluding carboxylic acids is 1. The van der Waals surface area contributed by atoms with Crippen molar-refractivity contribution in [3.8, 4) is 11.1 Å². The molecule has 1 atom stereocenters. The molecule has 1 aliphatic carbocycles. The summed E-state index contributed by atoms with van der Waals surface area (Å²) in [6, 6.07) is 25.1. The molecular weight excluding hydrogens is 390 g/mol. The van der Waals surface area contributed by atoms with Gasteiger partial charge in [-0.15, -0.1) is 0 Å². The highest BCUT2D eigenvalue weighted by Gasteiger charge is 2.29. The molecule has 3 aromatic rings. The standard InChI is InChI=1S/C26H25NO4/c28-25(29)24(16-8-11-18-9-2-1-3-10-18)27-26(30)31-17-23-21-14-6-4-12-19(21)20-13-5-7-15-22(20)23/h1-7,9-10,12-15,23-24H,8,11,16-17H2,(H,27,30)(H,28,29). The number of hydrogen-bond acceptors (Lipinski definition) is 3. The summed E-state index contributed by atoms with van der Waals surface area (Å²) in [4.78, 5) is 24.0. The highest BCUT2D eigenvalue weighted by Crippen LogP contribution is 2.44. The van der Waals surface area contributed by atoms with Crippen LogP contribution >= 0.6 is 0 Å². The fourth-order valence-corrected chi connectivity index (χ4v) is 4.19. The molecule has 0 radical (unpaired) electrons. The fourth-order valence-electron chi connectivity index (χ4n) is 4.19. The van der Waals surface area contributed by atoms with Gasteiger partial charge in [-0.2, -0.15) is 0 Å². The monoisotopic (exact) mass is 415 g/mol. The van der Waals surface area contributed by atoms with E-state index in [0.29, 0.717) is 12.8 Å². The molecule has 4 rings (SSSR count). The van der Waals surface area contributed by atoms with E-state index in [1.165, 1.54) is 0 Å². The van der Waals surface area contributed by atoms with Gasteiger partial charge in [-0.05, 0) is 47.1 Å². The molecular formula is C26H25NO4. The third kappa shape index (κ3) is 4.77. The lowest BCUT2D eigenvalue weighted by Gasteiger charge is -2.17. The highest BCUT2D eigenvalue weighted by molar-refractivity contribution is 5.81. The summed E-state index contributed by atoms with van der Waals surface area (Å²) in [7, 11) is 0. The fraction of sp³-hybridized carbons (Fsp3) is 0.231. The SMILES string of the molecule is O=C(NC(CCCc1ccccc1)C(=O)O)OCC1c2ccccc2-c2ccccc21. The second-order valence-corrected chi connectivity index (χ2v) is 7.74. The number of rotatable bonds is 8. The molecule has 0 aromatic heterocycles. The van der Waals surface area contributed by atoms with Gasteiger partial charge in [-0.25, -0.2) is 9.59 Å². The van der Waals surface area contributed by atoms with E-state index in [2.05, 4.69) is 17.4 Å². The van der Waals surface area contributed by atoms with Crippen LogP contribution in [0.15, 0.2) is 78.9 Å². The largest absolute Gasteiger partial charge is 0.480 e. The van der Waals surface area contributed by atoms with Gasteiger partial charge in [-0.3, -0.25) is 0 Å². The molecule has 0 fully saturated rings. The van der Waals surface area contributed by atoms with Gasteiger partial charge in [0.25, 0.3) is 0 Å². The molecule has 5 heteroatoms. The first kappa shape index (κ1) is 20.7. The van der Waals surface area contributed by atoms with E-state index in [9.17, 15) is 14.7 Å². The van der Waals surface area contributed by atoms with E-state index in [1.807, 2.05) is 66.7 Å². The zero-order valence-corrected chi connectivity index (χ0v) is 17.2. The lowest BCUT2D eigenvalue weighted by molar-refractivity contribution is -0.139. The van der Waals surface area contributed by atoms with Crippen molar-refractivity contribution < 1.29 is 19.4 Å². The number of benzene rings is 3.